The van der Waals surface area contributed by atoms with Crippen LogP contribution in [0.1, 0.15) is 21.5 Å². The van der Waals surface area contributed by atoms with Crippen molar-refractivity contribution in [3.05, 3.63) is 81.6 Å². The van der Waals surface area contributed by atoms with Crippen LogP contribution in [0.3, 0.4) is 0 Å². The van der Waals surface area contributed by atoms with Crippen molar-refractivity contribution in [2.45, 2.75) is 13.0 Å². The molecule has 4 rings (SSSR count). The number of halogens is 2. The molecule has 0 saturated carbocycles. The highest BCUT2D eigenvalue weighted by molar-refractivity contribution is 6.35. The Labute approximate surface area is 167 Å². The van der Waals surface area contributed by atoms with Crippen molar-refractivity contribution in [2.24, 2.45) is 0 Å². The van der Waals surface area contributed by atoms with E-state index in [1.165, 1.54) is 23.5 Å². The zero-order valence-electron chi connectivity index (χ0n) is 14.3. The summed E-state index contributed by atoms with van der Waals surface area (Å²) in [7, 11) is 0. The second-order valence-electron chi connectivity index (χ2n) is 6.32. The van der Waals surface area contributed by atoms with Gasteiger partial charge in [0, 0.05) is 41.2 Å². The number of fused-ring (bicyclic) bond motifs is 1. The van der Waals surface area contributed by atoms with Gasteiger partial charge < -0.3 is 10.2 Å². The molecule has 7 heteroatoms. The third-order valence-electron chi connectivity index (χ3n) is 4.43. The SMILES string of the molecule is O=C(Nc1cc(Cl)cc(Cl)c1)c1cnc(N2CCc3ccccc3C2)nc1. The van der Waals surface area contributed by atoms with E-state index in [1.54, 1.807) is 18.2 Å². The number of benzene rings is 2. The van der Waals surface area contributed by atoms with E-state index >= 15 is 0 Å². The molecule has 0 spiro atoms. The van der Waals surface area contributed by atoms with Gasteiger partial charge in [0.05, 0.1) is 5.56 Å². The largest absolute Gasteiger partial charge is 0.336 e. The highest BCUT2D eigenvalue weighted by atomic mass is 35.5. The molecule has 1 aliphatic rings. The number of nitrogens with zero attached hydrogens (tertiary/aromatic N) is 3. The molecule has 27 heavy (non-hydrogen) atoms. The topological polar surface area (TPSA) is 58.1 Å². The first-order valence-corrected chi connectivity index (χ1v) is 9.25. The van der Waals surface area contributed by atoms with Crippen molar-refractivity contribution in [2.75, 3.05) is 16.8 Å². The Morgan fingerprint density at radius 1 is 1.00 bits per heavy atom. The molecule has 0 radical (unpaired) electrons. The minimum atomic E-state index is -0.316. The summed E-state index contributed by atoms with van der Waals surface area (Å²) < 4.78 is 0. The van der Waals surface area contributed by atoms with Crippen molar-refractivity contribution in [3.63, 3.8) is 0 Å². The molecule has 1 aliphatic heterocycles. The van der Waals surface area contributed by atoms with Crippen LogP contribution >= 0.6 is 23.2 Å². The fourth-order valence-corrected chi connectivity index (χ4v) is 3.62. The number of carbonyl (C=O) groups is 1. The number of carbonyl (C=O) groups excluding carboxylic acids is 1. The van der Waals surface area contributed by atoms with Gasteiger partial charge in [-0.15, -0.1) is 0 Å². The predicted octanol–water partition coefficient (Wildman–Crippen LogP) is 4.60. The van der Waals surface area contributed by atoms with Crippen molar-refractivity contribution < 1.29 is 4.79 Å². The number of amides is 1. The maximum Gasteiger partial charge on any atom is 0.258 e. The molecule has 1 aromatic heterocycles. The Kier molecular flexibility index (Phi) is 4.97. The van der Waals surface area contributed by atoms with E-state index in [9.17, 15) is 4.79 Å². The van der Waals surface area contributed by atoms with Crippen molar-refractivity contribution in [1.82, 2.24) is 9.97 Å². The summed E-state index contributed by atoms with van der Waals surface area (Å²) >= 11 is 11.9. The fourth-order valence-electron chi connectivity index (χ4n) is 3.10. The van der Waals surface area contributed by atoms with Crippen LogP contribution in [-0.2, 0) is 13.0 Å². The van der Waals surface area contributed by atoms with Crippen molar-refractivity contribution in [3.8, 4) is 0 Å². The maximum absolute atomic E-state index is 12.4. The van der Waals surface area contributed by atoms with Gasteiger partial charge in [0.2, 0.25) is 5.95 Å². The van der Waals surface area contributed by atoms with Crippen LogP contribution in [-0.4, -0.2) is 22.4 Å². The summed E-state index contributed by atoms with van der Waals surface area (Å²) in [6, 6.07) is 13.2. The number of rotatable bonds is 3. The molecule has 2 aromatic carbocycles. The van der Waals surface area contributed by atoms with E-state index < -0.39 is 0 Å². The van der Waals surface area contributed by atoms with Crippen LogP contribution in [0.5, 0.6) is 0 Å². The third-order valence-corrected chi connectivity index (χ3v) is 4.87. The van der Waals surface area contributed by atoms with Gasteiger partial charge in [0.25, 0.3) is 5.91 Å². The van der Waals surface area contributed by atoms with Crippen LogP contribution in [0.15, 0.2) is 54.9 Å². The number of hydrogen-bond donors (Lipinski definition) is 1. The van der Waals surface area contributed by atoms with Gasteiger partial charge in [-0.2, -0.15) is 0 Å². The Bertz CT molecular complexity index is 971. The summed E-state index contributed by atoms with van der Waals surface area (Å²) in [5.74, 6) is 0.302. The number of nitrogens with one attached hydrogen (secondary N) is 1. The summed E-state index contributed by atoms with van der Waals surface area (Å²) in [5, 5.41) is 3.66. The van der Waals surface area contributed by atoms with Gasteiger partial charge in [-0.05, 0) is 35.7 Å². The highest BCUT2D eigenvalue weighted by Crippen LogP contribution is 2.24. The smallest absolute Gasteiger partial charge is 0.258 e. The van der Waals surface area contributed by atoms with E-state index in [1.807, 2.05) is 6.07 Å². The quantitative estimate of drug-likeness (QED) is 0.700. The Morgan fingerprint density at radius 2 is 1.67 bits per heavy atom. The molecule has 5 nitrogen and oxygen atoms in total. The van der Waals surface area contributed by atoms with Gasteiger partial charge in [-0.3, -0.25) is 4.79 Å². The molecular weight excluding hydrogens is 383 g/mol. The average molecular weight is 399 g/mol. The highest BCUT2D eigenvalue weighted by Gasteiger charge is 2.18. The Hall–Kier alpha value is -2.63. The lowest BCUT2D eigenvalue weighted by atomic mass is 10.0. The van der Waals surface area contributed by atoms with Crippen LogP contribution in [0, 0.1) is 0 Å². The van der Waals surface area contributed by atoms with Crippen LogP contribution in [0.2, 0.25) is 10.0 Å². The van der Waals surface area contributed by atoms with Gasteiger partial charge in [0.15, 0.2) is 0 Å². The van der Waals surface area contributed by atoms with E-state index in [2.05, 4.69) is 38.4 Å². The number of anilines is 2. The summed E-state index contributed by atoms with van der Waals surface area (Å²) in [6.45, 7) is 1.62. The van der Waals surface area contributed by atoms with Crippen molar-refractivity contribution >= 4 is 40.7 Å². The first-order chi connectivity index (χ1) is 13.1. The zero-order chi connectivity index (χ0) is 18.8. The van der Waals surface area contributed by atoms with Gasteiger partial charge in [-0.25, -0.2) is 9.97 Å². The molecule has 0 atom stereocenters. The van der Waals surface area contributed by atoms with Gasteiger partial charge >= 0.3 is 0 Å². The lowest BCUT2D eigenvalue weighted by molar-refractivity contribution is 0.102. The molecule has 0 bridgehead atoms. The maximum atomic E-state index is 12.4. The molecule has 0 aliphatic carbocycles. The second-order valence-corrected chi connectivity index (χ2v) is 7.20. The lowest BCUT2D eigenvalue weighted by Gasteiger charge is -2.28. The summed E-state index contributed by atoms with van der Waals surface area (Å²) in [4.78, 5) is 23.3. The number of hydrogen-bond acceptors (Lipinski definition) is 4. The molecular formula is C20H16Cl2N4O. The van der Waals surface area contributed by atoms with Gasteiger partial charge in [-0.1, -0.05) is 47.5 Å². The molecule has 136 valence electrons. The first kappa shape index (κ1) is 17.8. The normalized spacial score (nSPS) is 13.2. The summed E-state index contributed by atoms with van der Waals surface area (Å²) in [6.07, 6.45) is 4.02. The first-order valence-electron chi connectivity index (χ1n) is 8.50. The minimum Gasteiger partial charge on any atom is -0.336 e. The van der Waals surface area contributed by atoms with Crippen LogP contribution in [0.4, 0.5) is 11.6 Å². The minimum absolute atomic E-state index is 0.316. The molecule has 1 N–H and O–H groups in total. The zero-order valence-corrected chi connectivity index (χ0v) is 15.8. The van der Waals surface area contributed by atoms with E-state index in [-0.39, 0.29) is 5.91 Å². The standard InChI is InChI=1S/C20H16Cl2N4O/c21-16-7-17(22)9-18(8-16)25-19(27)15-10-23-20(24-11-15)26-6-5-13-3-1-2-4-14(13)12-26/h1-4,7-11H,5-6,12H2,(H,25,27). The summed E-state index contributed by atoms with van der Waals surface area (Å²) in [5.41, 5.74) is 3.54. The molecule has 0 saturated heterocycles. The predicted molar refractivity (Wildman–Crippen MR) is 108 cm³/mol. The van der Waals surface area contributed by atoms with Crippen LogP contribution < -0.4 is 10.2 Å². The number of aromatic nitrogens is 2. The Balaban J connectivity index is 1.47. The second kappa shape index (κ2) is 7.55. The molecule has 2 heterocycles. The fraction of sp³-hybridized carbons (Fsp3) is 0.150. The molecule has 3 aromatic rings. The van der Waals surface area contributed by atoms with Gasteiger partial charge in [0.1, 0.15) is 0 Å². The van der Waals surface area contributed by atoms with Crippen molar-refractivity contribution in [1.29, 1.82) is 0 Å². The molecule has 1 amide bonds. The molecule has 0 fully saturated rings. The average Bonchev–Trinajstić information content (AvgIpc) is 2.67. The van der Waals surface area contributed by atoms with E-state index in [4.69, 9.17) is 23.2 Å². The Morgan fingerprint density at radius 3 is 2.37 bits per heavy atom. The molecule has 0 unspecified atom stereocenters. The third kappa shape index (κ3) is 4.04. The lowest BCUT2D eigenvalue weighted by Crippen LogP contribution is -2.31. The van der Waals surface area contributed by atoms with E-state index in [0.717, 1.165) is 19.5 Å². The van der Waals surface area contributed by atoms with Crippen LogP contribution in [0.25, 0.3) is 0 Å². The van der Waals surface area contributed by atoms with E-state index in [0.29, 0.717) is 27.2 Å². The monoisotopic (exact) mass is 398 g/mol.